The Morgan fingerprint density at radius 1 is 1.11 bits per heavy atom. The number of rotatable bonds is 4. The fourth-order valence-electron chi connectivity index (χ4n) is 4.20. The lowest BCUT2D eigenvalue weighted by atomic mass is 9.88. The number of amides is 1. The highest BCUT2D eigenvalue weighted by Crippen LogP contribution is 2.38. The Morgan fingerprint density at radius 2 is 1.75 bits per heavy atom. The highest BCUT2D eigenvalue weighted by atomic mass is 19.1. The highest BCUT2D eigenvalue weighted by Gasteiger charge is 2.37. The van der Waals surface area contributed by atoms with E-state index < -0.39 is 5.54 Å². The summed E-state index contributed by atoms with van der Waals surface area (Å²) in [6.45, 7) is 0. The van der Waals surface area contributed by atoms with Crippen molar-refractivity contribution in [2.75, 3.05) is 0 Å². The zero-order valence-corrected chi connectivity index (χ0v) is 15.7. The summed E-state index contributed by atoms with van der Waals surface area (Å²) < 4.78 is 14.6. The minimum Gasteiger partial charge on any atom is -0.346 e. The van der Waals surface area contributed by atoms with Crippen LogP contribution in [0.1, 0.15) is 36.9 Å². The molecule has 0 bridgehead atoms. The van der Waals surface area contributed by atoms with Gasteiger partial charge in [-0.25, -0.2) is 9.07 Å². The monoisotopic (exact) mass is 379 g/mol. The molecule has 1 aromatic heterocycles. The number of nitrogens with zero attached hydrogens (tertiary/aromatic N) is 2. The summed E-state index contributed by atoms with van der Waals surface area (Å²) in [7, 11) is 1.59. The van der Waals surface area contributed by atoms with Crippen molar-refractivity contribution in [2.24, 2.45) is 7.05 Å². The molecule has 1 aliphatic carbocycles. The molecule has 2 aromatic carbocycles. The van der Waals surface area contributed by atoms with E-state index in [4.69, 9.17) is 0 Å². The Morgan fingerprint density at radius 3 is 2.43 bits per heavy atom. The molecule has 0 atom stereocenters. The topological polar surface area (TPSA) is 64.0 Å². The molecule has 0 unspecified atom stereocenters. The minimum absolute atomic E-state index is 0.0809. The average molecular weight is 379 g/mol. The molecule has 28 heavy (non-hydrogen) atoms. The second kappa shape index (κ2) is 7.19. The molecule has 4 rings (SSSR count). The summed E-state index contributed by atoms with van der Waals surface area (Å²) in [6.07, 6.45) is 3.76. The van der Waals surface area contributed by atoms with Crippen LogP contribution in [0, 0.1) is 5.82 Å². The Kier molecular flexibility index (Phi) is 4.71. The number of aryl methyl sites for hydroxylation is 1. The van der Waals surface area contributed by atoms with Crippen LogP contribution in [-0.4, -0.2) is 15.7 Å². The fraction of sp³-hybridized carbons (Fsp3) is 0.318. The number of carbonyl (C=O) groups excluding carboxylic acids is 1. The maximum absolute atomic E-state index is 13.3. The van der Waals surface area contributed by atoms with Crippen LogP contribution < -0.4 is 10.9 Å². The zero-order valence-electron chi connectivity index (χ0n) is 15.7. The first-order valence-corrected chi connectivity index (χ1v) is 9.50. The molecule has 1 saturated carbocycles. The van der Waals surface area contributed by atoms with Gasteiger partial charge in [0.05, 0.1) is 23.0 Å². The first-order chi connectivity index (χ1) is 13.5. The smallest absolute Gasteiger partial charge is 0.274 e. The summed E-state index contributed by atoms with van der Waals surface area (Å²) in [4.78, 5) is 25.2. The second-order valence-corrected chi connectivity index (χ2v) is 7.44. The summed E-state index contributed by atoms with van der Waals surface area (Å²) in [5.74, 6) is -0.438. The Labute approximate surface area is 162 Å². The maximum atomic E-state index is 13.3. The summed E-state index contributed by atoms with van der Waals surface area (Å²) in [5.41, 5.74) is 0.847. The number of nitrogens with one attached hydrogen (secondary N) is 1. The number of carbonyl (C=O) groups is 1. The molecule has 0 spiro atoms. The SMILES string of the molecule is Cn1nc(CC(=O)NC2(c3ccc(F)cc3)CCCC2)c2ccccc2c1=O. The van der Waals surface area contributed by atoms with E-state index in [2.05, 4.69) is 10.4 Å². The predicted molar refractivity (Wildman–Crippen MR) is 105 cm³/mol. The maximum Gasteiger partial charge on any atom is 0.274 e. The van der Waals surface area contributed by atoms with Gasteiger partial charge in [-0.05, 0) is 36.6 Å². The summed E-state index contributed by atoms with van der Waals surface area (Å²) in [5, 5.41) is 8.75. The molecule has 1 fully saturated rings. The molecule has 1 amide bonds. The number of aromatic nitrogens is 2. The van der Waals surface area contributed by atoms with E-state index in [1.54, 1.807) is 31.3 Å². The van der Waals surface area contributed by atoms with Crippen molar-refractivity contribution in [1.82, 2.24) is 15.1 Å². The number of halogens is 1. The minimum atomic E-state index is -0.471. The largest absolute Gasteiger partial charge is 0.346 e. The molecule has 0 aliphatic heterocycles. The molecule has 6 heteroatoms. The van der Waals surface area contributed by atoms with E-state index in [0.29, 0.717) is 16.5 Å². The van der Waals surface area contributed by atoms with E-state index in [1.165, 1.54) is 16.8 Å². The standard InChI is InChI=1S/C22H22FN3O2/c1-26-21(28)18-7-3-2-6-17(18)19(25-26)14-20(27)24-22(12-4-5-13-22)15-8-10-16(23)11-9-15/h2-3,6-11H,4-5,12-14H2,1H3,(H,24,27). The van der Waals surface area contributed by atoms with E-state index in [1.807, 2.05) is 12.1 Å². The van der Waals surface area contributed by atoms with E-state index in [0.717, 1.165) is 31.2 Å². The summed E-state index contributed by atoms with van der Waals surface area (Å²) in [6, 6.07) is 13.6. The van der Waals surface area contributed by atoms with Crippen LogP contribution >= 0.6 is 0 Å². The Hall–Kier alpha value is -3.02. The van der Waals surface area contributed by atoms with Gasteiger partial charge in [0.15, 0.2) is 0 Å². The third-order valence-electron chi connectivity index (χ3n) is 5.59. The van der Waals surface area contributed by atoms with Gasteiger partial charge in [-0.3, -0.25) is 9.59 Å². The van der Waals surface area contributed by atoms with Crippen LogP contribution in [-0.2, 0) is 23.8 Å². The van der Waals surface area contributed by atoms with E-state index in [-0.39, 0.29) is 23.7 Å². The Balaban J connectivity index is 1.64. The van der Waals surface area contributed by atoms with E-state index >= 15 is 0 Å². The van der Waals surface area contributed by atoms with Gasteiger partial charge in [0.2, 0.25) is 5.91 Å². The predicted octanol–water partition coefficient (Wildman–Crippen LogP) is 3.20. The van der Waals surface area contributed by atoms with Crippen LogP contribution in [0.25, 0.3) is 10.8 Å². The molecule has 0 saturated heterocycles. The average Bonchev–Trinajstić information content (AvgIpc) is 3.16. The Bertz CT molecular complexity index is 1080. The van der Waals surface area contributed by atoms with Crippen LogP contribution in [0.3, 0.4) is 0 Å². The van der Waals surface area contributed by atoms with Gasteiger partial charge in [0.1, 0.15) is 5.82 Å². The number of hydrogen-bond acceptors (Lipinski definition) is 3. The summed E-state index contributed by atoms with van der Waals surface area (Å²) >= 11 is 0. The van der Waals surface area contributed by atoms with Gasteiger partial charge in [-0.15, -0.1) is 0 Å². The third-order valence-corrected chi connectivity index (χ3v) is 5.59. The molecule has 1 aliphatic rings. The van der Waals surface area contributed by atoms with Gasteiger partial charge in [0, 0.05) is 12.4 Å². The van der Waals surface area contributed by atoms with Crippen LogP contribution in [0.4, 0.5) is 4.39 Å². The number of benzene rings is 2. The van der Waals surface area contributed by atoms with Crippen molar-refractivity contribution < 1.29 is 9.18 Å². The highest BCUT2D eigenvalue weighted by molar-refractivity contribution is 5.88. The van der Waals surface area contributed by atoms with Gasteiger partial charge in [-0.1, -0.05) is 43.2 Å². The molecular formula is C22H22FN3O2. The number of hydrogen-bond donors (Lipinski definition) is 1. The lowest BCUT2D eigenvalue weighted by molar-refractivity contribution is -0.122. The van der Waals surface area contributed by atoms with Gasteiger partial charge < -0.3 is 5.32 Å². The van der Waals surface area contributed by atoms with E-state index in [9.17, 15) is 14.0 Å². The van der Waals surface area contributed by atoms with Crippen LogP contribution in [0.15, 0.2) is 53.3 Å². The van der Waals surface area contributed by atoms with Gasteiger partial charge in [0.25, 0.3) is 5.56 Å². The fourth-order valence-corrected chi connectivity index (χ4v) is 4.20. The second-order valence-electron chi connectivity index (χ2n) is 7.44. The van der Waals surface area contributed by atoms with Crippen molar-refractivity contribution in [2.45, 2.75) is 37.6 Å². The lowest BCUT2D eigenvalue weighted by Gasteiger charge is -2.31. The number of fused-ring (bicyclic) bond motifs is 1. The van der Waals surface area contributed by atoms with Crippen molar-refractivity contribution >= 4 is 16.7 Å². The molecule has 144 valence electrons. The lowest BCUT2D eigenvalue weighted by Crippen LogP contribution is -2.44. The zero-order chi connectivity index (χ0) is 19.7. The van der Waals surface area contributed by atoms with Crippen molar-refractivity contribution in [3.8, 4) is 0 Å². The molecular weight excluding hydrogens is 357 g/mol. The van der Waals surface area contributed by atoms with Crippen molar-refractivity contribution in [3.05, 3.63) is 76.0 Å². The van der Waals surface area contributed by atoms with Gasteiger partial charge >= 0.3 is 0 Å². The molecule has 1 N–H and O–H groups in total. The van der Waals surface area contributed by atoms with Crippen LogP contribution in [0.2, 0.25) is 0 Å². The molecule has 1 heterocycles. The van der Waals surface area contributed by atoms with Crippen molar-refractivity contribution in [3.63, 3.8) is 0 Å². The van der Waals surface area contributed by atoms with Gasteiger partial charge in [-0.2, -0.15) is 5.10 Å². The quantitative estimate of drug-likeness (QED) is 0.757. The van der Waals surface area contributed by atoms with Crippen LogP contribution in [0.5, 0.6) is 0 Å². The third kappa shape index (κ3) is 3.30. The first kappa shape index (κ1) is 18.3. The molecule has 0 radical (unpaired) electrons. The molecule has 5 nitrogen and oxygen atoms in total. The normalized spacial score (nSPS) is 15.6. The molecule has 3 aromatic rings. The first-order valence-electron chi connectivity index (χ1n) is 9.50. The van der Waals surface area contributed by atoms with Crippen molar-refractivity contribution in [1.29, 1.82) is 0 Å².